The molecule has 0 fully saturated rings. The van der Waals surface area contributed by atoms with Gasteiger partial charge in [-0.05, 0) is 52.3 Å². The van der Waals surface area contributed by atoms with Crippen LogP contribution in [0.15, 0.2) is 22.5 Å². The van der Waals surface area contributed by atoms with E-state index < -0.39 is 11.7 Å². The number of benzene rings is 1. The van der Waals surface area contributed by atoms with Crippen LogP contribution in [0.3, 0.4) is 0 Å². The predicted octanol–water partition coefficient (Wildman–Crippen LogP) is 5.00. The molecule has 7 heteroatoms. The minimum atomic E-state index is -4.59. The highest BCUT2D eigenvalue weighted by Gasteiger charge is 2.35. The average molecular weight is 312 g/mol. The third-order valence-electron chi connectivity index (χ3n) is 3.04. The first-order chi connectivity index (χ1) is 10.1. The van der Waals surface area contributed by atoms with E-state index >= 15 is 0 Å². The zero-order valence-electron chi connectivity index (χ0n) is 13.2. The maximum absolute atomic E-state index is 13.2. The third kappa shape index (κ3) is 4.20. The van der Waals surface area contributed by atoms with Crippen LogP contribution >= 0.6 is 0 Å². The Labute approximate surface area is 128 Å². The van der Waals surface area contributed by atoms with Crippen molar-refractivity contribution in [2.45, 2.75) is 52.9 Å². The van der Waals surface area contributed by atoms with Crippen LogP contribution in [0.2, 0.25) is 0 Å². The summed E-state index contributed by atoms with van der Waals surface area (Å²) in [6.45, 7) is 9.02. The molecule has 0 aliphatic rings. The number of nitrogens with zero attached hydrogens (tertiary/aromatic N) is 4. The maximum atomic E-state index is 13.2. The SMILES string of the molecule is Cc1cc(C#N)cc(C(F)(F)F)c1N=NN(C(C)C)C(C)C. The van der Waals surface area contributed by atoms with E-state index in [2.05, 4.69) is 10.3 Å². The van der Waals surface area contributed by atoms with Crippen LogP contribution in [0, 0.1) is 18.3 Å². The quantitative estimate of drug-likeness (QED) is 0.580. The summed E-state index contributed by atoms with van der Waals surface area (Å²) in [6.07, 6.45) is -4.59. The van der Waals surface area contributed by atoms with Crippen LogP contribution in [0.4, 0.5) is 18.9 Å². The number of rotatable bonds is 4. The highest BCUT2D eigenvalue weighted by Crippen LogP contribution is 2.39. The Morgan fingerprint density at radius 3 is 2.09 bits per heavy atom. The number of aryl methyl sites for hydroxylation is 1. The predicted molar refractivity (Wildman–Crippen MR) is 77.5 cm³/mol. The molecule has 0 unspecified atom stereocenters. The normalized spacial score (nSPS) is 12.2. The monoisotopic (exact) mass is 312 g/mol. The summed E-state index contributed by atoms with van der Waals surface area (Å²) in [7, 11) is 0. The largest absolute Gasteiger partial charge is 0.418 e. The zero-order chi connectivity index (χ0) is 17.1. The van der Waals surface area contributed by atoms with Gasteiger partial charge in [-0.2, -0.15) is 18.4 Å². The molecule has 22 heavy (non-hydrogen) atoms. The van der Waals surface area contributed by atoms with Gasteiger partial charge in [0.25, 0.3) is 0 Å². The highest BCUT2D eigenvalue weighted by molar-refractivity contribution is 5.57. The van der Waals surface area contributed by atoms with Crippen molar-refractivity contribution in [3.8, 4) is 6.07 Å². The van der Waals surface area contributed by atoms with Gasteiger partial charge in [-0.25, -0.2) is 0 Å². The van der Waals surface area contributed by atoms with E-state index in [0.29, 0.717) is 0 Å². The second-order valence-electron chi connectivity index (χ2n) is 5.56. The molecule has 0 aliphatic carbocycles. The smallest absolute Gasteiger partial charge is 0.273 e. The number of hydrogen-bond donors (Lipinski definition) is 0. The Morgan fingerprint density at radius 2 is 1.68 bits per heavy atom. The van der Waals surface area contributed by atoms with Gasteiger partial charge in [0.1, 0.15) is 5.69 Å². The summed E-state index contributed by atoms with van der Waals surface area (Å²) in [6, 6.07) is 3.92. The van der Waals surface area contributed by atoms with E-state index in [1.807, 2.05) is 27.7 Å². The first-order valence-corrected chi connectivity index (χ1v) is 6.89. The number of hydrogen-bond acceptors (Lipinski definition) is 3. The van der Waals surface area contributed by atoms with Crippen molar-refractivity contribution in [2.75, 3.05) is 0 Å². The molecule has 0 aliphatic heterocycles. The van der Waals surface area contributed by atoms with E-state index in [-0.39, 0.29) is 28.9 Å². The maximum Gasteiger partial charge on any atom is 0.418 e. The summed E-state index contributed by atoms with van der Waals surface area (Å²) < 4.78 is 39.5. The van der Waals surface area contributed by atoms with Crippen molar-refractivity contribution in [3.63, 3.8) is 0 Å². The van der Waals surface area contributed by atoms with Gasteiger partial charge in [0.15, 0.2) is 0 Å². The zero-order valence-corrected chi connectivity index (χ0v) is 13.2. The van der Waals surface area contributed by atoms with Crippen molar-refractivity contribution in [1.29, 1.82) is 5.26 Å². The van der Waals surface area contributed by atoms with E-state index in [1.165, 1.54) is 13.0 Å². The molecule has 1 aromatic rings. The minimum Gasteiger partial charge on any atom is -0.273 e. The molecule has 0 saturated carbocycles. The lowest BCUT2D eigenvalue weighted by Gasteiger charge is -2.26. The van der Waals surface area contributed by atoms with Crippen LogP contribution < -0.4 is 0 Å². The lowest BCUT2D eigenvalue weighted by atomic mass is 10.0. The average Bonchev–Trinajstić information content (AvgIpc) is 2.37. The second-order valence-corrected chi connectivity index (χ2v) is 5.56. The molecule has 1 aromatic carbocycles. The van der Waals surface area contributed by atoms with Crippen molar-refractivity contribution in [2.24, 2.45) is 10.3 Å². The molecule has 0 aromatic heterocycles. The van der Waals surface area contributed by atoms with Gasteiger partial charge in [-0.1, -0.05) is 5.22 Å². The molecule has 120 valence electrons. The molecule has 0 spiro atoms. The van der Waals surface area contributed by atoms with Gasteiger partial charge in [-0.3, -0.25) is 5.01 Å². The molecule has 0 bridgehead atoms. The first kappa shape index (κ1) is 18.0. The Hall–Kier alpha value is -2.10. The van der Waals surface area contributed by atoms with Gasteiger partial charge in [-0.15, -0.1) is 5.11 Å². The standard InChI is InChI=1S/C15H19F3N4/c1-9(2)22(10(3)4)21-20-14-11(5)6-12(8-19)7-13(14)15(16,17)18/h6-7,9-10H,1-5H3. The first-order valence-electron chi connectivity index (χ1n) is 6.89. The number of nitriles is 1. The molecule has 0 radical (unpaired) electrons. The molecule has 0 amide bonds. The Kier molecular flexibility index (Phi) is 5.53. The van der Waals surface area contributed by atoms with Crippen LogP contribution in [0.25, 0.3) is 0 Å². The third-order valence-corrected chi connectivity index (χ3v) is 3.04. The lowest BCUT2D eigenvalue weighted by Crippen LogP contribution is -2.31. The Balaban J connectivity index is 3.38. The van der Waals surface area contributed by atoms with Crippen LogP contribution in [0.1, 0.15) is 44.4 Å². The molecule has 0 saturated heterocycles. The fraction of sp³-hybridized carbons (Fsp3) is 0.533. The van der Waals surface area contributed by atoms with Crippen LogP contribution in [0.5, 0.6) is 0 Å². The second kappa shape index (κ2) is 6.77. The summed E-state index contributed by atoms with van der Waals surface area (Å²) in [5.41, 5.74) is -0.978. The van der Waals surface area contributed by atoms with Gasteiger partial charge in [0.05, 0.1) is 17.2 Å². The molecule has 0 atom stereocenters. The van der Waals surface area contributed by atoms with Crippen molar-refractivity contribution in [1.82, 2.24) is 5.01 Å². The lowest BCUT2D eigenvalue weighted by molar-refractivity contribution is -0.137. The van der Waals surface area contributed by atoms with Crippen molar-refractivity contribution in [3.05, 3.63) is 28.8 Å². The van der Waals surface area contributed by atoms with Gasteiger partial charge < -0.3 is 0 Å². The summed E-state index contributed by atoms with van der Waals surface area (Å²) in [5, 5.41) is 18.2. The van der Waals surface area contributed by atoms with Crippen LogP contribution in [-0.4, -0.2) is 17.1 Å². The van der Waals surface area contributed by atoms with Gasteiger partial charge in [0.2, 0.25) is 0 Å². The van der Waals surface area contributed by atoms with Crippen molar-refractivity contribution < 1.29 is 13.2 Å². The van der Waals surface area contributed by atoms with E-state index in [4.69, 9.17) is 5.26 Å². The number of alkyl halides is 3. The fourth-order valence-electron chi connectivity index (χ4n) is 2.09. The number of halogens is 3. The summed E-state index contributed by atoms with van der Waals surface area (Å²) >= 11 is 0. The van der Waals surface area contributed by atoms with E-state index in [0.717, 1.165) is 6.07 Å². The van der Waals surface area contributed by atoms with Crippen LogP contribution in [-0.2, 0) is 6.18 Å². The van der Waals surface area contributed by atoms with Gasteiger partial charge >= 0.3 is 6.18 Å². The molecule has 4 nitrogen and oxygen atoms in total. The molecule has 0 heterocycles. The highest BCUT2D eigenvalue weighted by atomic mass is 19.4. The molecule has 1 rings (SSSR count). The topological polar surface area (TPSA) is 51.8 Å². The summed E-state index contributed by atoms with van der Waals surface area (Å²) in [4.78, 5) is 0. The van der Waals surface area contributed by atoms with E-state index in [1.54, 1.807) is 11.1 Å². The molecular weight excluding hydrogens is 293 g/mol. The minimum absolute atomic E-state index is 0.0109. The molecular formula is C15H19F3N4. The fourth-order valence-corrected chi connectivity index (χ4v) is 2.09. The van der Waals surface area contributed by atoms with E-state index in [9.17, 15) is 13.2 Å². The van der Waals surface area contributed by atoms with Crippen molar-refractivity contribution >= 4 is 5.69 Å². The Bertz CT molecular complexity index is 590. The van der Waals surface area contributed by atoms with Gasteiger partial charge in [0, 0.05) is 12.1 Å². The molecule has 0 N–H and O–H groups in total. The summed E-state index contributed by atoms with van der Waals surface area (Å²) in [5.74, 6) is 0. The Morgan fingerprint density at radius 1 is 1.14 bits per heavy atom.